The van der Waals surface area contributed by atoms with Gasteiger partial charge in [-0.15, -0.1) is 0 Å². The van der Waals surface area contributed by atoms with Gasteiger partial charge in [-0.05, 0) is 26.0 Å². The van der Waals surface area contributed by atoms with Gasteiger partial charge in [0.2, 0.25) is 0 Å². The average molecular weight is 205 g/mol. The largest absolute Gasteiger partial charge is 0.458 e. The maximum atomic E-state index is 9.83. The van der Waals surface area contributed by atoms with Gasteiger partial charge >= 0.3 is 0 Å². The van der Waals surface area contributed by atoms with Crippen molar-refractivity contribution < 1.29 is 9.52 Å². The van der Waals surface area contributed by atoms with E-state index in [-0.39, 0.29) is 0 Å². The van der Waals surface area contributed by atoms with E-state index < -0.39 is 6.10 Å². The minimum Gasteiger partial charge on any atom is -0.458 e. The summed E-state index contributed by atoms with van der Waals surface area (Å²) >= 11 is 0. The molecule has 15 heavy (non-hydrogen) atoms. The highest BCUT2D eigenvalue weighted by Gasteiger charge is 2.16. The second-order valence-electron chi connectivity index (χ2n) is 3.68. The van der Waals surface area contributed by atoms with E-state index in [1.807, 2.05) is 31.2 Å². The third kappa shape index (κ3) is 1.76. The van der Waals surface area contributed by atoms with E-state index in [9.17, 15) is 5.11 Å². The molecule has 0 fully saturated rings. The average Bonchev–Trinajstić information content (AvgIpc) is 2.57. The van der Waals surface area contributed by atoms with Crippen molar-refractivity contribution in [1.82, 2.24) is 0 Å². The van der Waals surface area contributed by atoms with Crippen molar-refractivity contribution in [1.29, 1.82) is 0 Å². The van der Waals surface area contributed by atoms with Crippen LogP contribution in [-0.4, -0.2) is 11.7 Å². The van der Waals surface area contributed by atoms with Crippen molar-refractivity contribution in [3.05, 3.63) is 35.6 Å². The van der Waals surface area contributed by atoms with Crippen molar-refractivity contribution in [2.24, 2.45) is 5.73 Å². The van der Waals surface area contributed by atoms with Gasteiger partial charge in [0, 0.05) is 10.9 Å². The van der Waals surface area contributed by atoms with Gasteiger partial charge in [0.15, 0.2) is 0 Å². The molecule has 1 atom stereocenters. The summed E-state index contributed by atoms with van der Waals surface area (Å²) in [6.07, 6.45) is -0.0666. The molecule has 1 aromatic heterocycles. The number of nitrogens with two attached hydrogens (primary N) is 1. The van der Waals surface area contributed by atoms with Crippen LogP contribution in [0.25, 0.3) is 11.0 Å². The first-order valence-electron chi connectivity index (χ1n) is 5.10. The number of aryl methyl sites for hydroxylation is 1. The van der Waals surface area contributed by atoms with E-state index in [1.54, 1.807) is 0 Å². The van der Waals surface area contributed by atoms with E-state index in [1.165, 1.54) is 0 Å². The number of hydrogen-bond donors (Lipinski definition) is 2. The molecule has 0 saturated carbocycles. The lowest BCUT2D eigenvalue weighted by atomic mass is 10.1. The predicted molar refractivity (Wildman–Crippen MR) is 59.6 cm³/mol. The number of rotatable bonds is 3. The molecule has 2 rings (SSSR count). The summed E-state index contributed by atoms with van der Waals surface area (Å²) in [5, 5.41) is 10.9. The van der Waals surface area contributed by atoms with Gasteiger partial charge in [0.05, 0.1) is 0 Å². The highest BCUT2D eigenvalue weighted by atomic mass is 16.4. The van der Waals surface area contributed by atoms with Crippen LogP contribution in [0.1, 0.15) is 23.8 Å². The molecule has 2 aromatic rings. The lowest BCUT2D eigenvalue weighted by molar-refractivity contribution is 0.144. The van der Waals surface area contributed by atoms with E-state index >= 15 is 0 Å². The molecule has 0 aliphatic carbocycles. The zero-order valence-corrected chi connectivity index (χ0v) is 8.73. The summed E-state index contributed by atoms with van der Waals surface area (Å²) in [5.41, 5.74) is 7.24. The molecule has 3 N–H and O–H groups in total. The third-order valence-electron chi connectivity index (χ3n) is 2.62. The Morgan fingerprint density at radius 1 is 1.40 bits per heavy atom. The van der Waals surface area contributed by atoms with Gasteiger partial charge in [0.25, 0.3) is 0 Å². The van der Waals surface area contributed by atoms with Crippen LogP contribution >= 0.6 is 0 Å². The normalized spacial score (nSPS) is 13.3. The summed E-state index contributed by atoms with van der Waals surface area (Å²) in [6, 6.07) is 7.78. The first kappa shape index (κ1) is 10.2. The monoisotopic (exact) mass is 205 g/mol. The number of aliphatic hydroxyl groups excluding tert-OH is 1. The minimum atomic E-state index is -0.595. The molecule has 1 aromatic carbocycles. The topological polar surface area (TPSA) is 59.4 Å². The second-order valence-corrected chi connectivity index (χ2v) is 3.68. The van der Waals surface area contributed by atoms with Gasteiger partial charge in [-0.3, -0.25) is 0 Å². The van der Waals surface area contributed by atoms with Gasteiger partial charge in [0.1, 0.15) is 17.4 Å². The van der Waals surface area contributed by atoms with Crippen molar-refractivity contribution >= 4 is 11.0 Å². The lowest BCUT2D eigenvalue weighted by Gasteiger charge is -2.06. The van der Waals surface area contributed by atoms with Crippen molar-refractivity contribution in [2.75, 3.05) is 6.54 Å². The van der Waals surface area contributed by atoms with E-state index in [0.717, 1.165) is 16.5 Å². The summed E-state index contributed by atoms with van der Waals surface area (Å²) in [5.74, 6) is 0.640. The van der Waals surface area contributed by atoms with Crippen LogP contribution in [-0.2, 0) is 0 Å². The van der Waals surface area contributed by atoms with Crippen molar-refractivity contribution in [2.45, 2.75) is 19.4 Å². The van der Waals surface area contributed by atoms with Crippen LogP contribution in [0.15, 0.2) is 28.7 Å². The number of benzene rings is 1. The molecule has 3 heteroatoms. The number of para-hydroxylation sites is 1. The summed E-state index contributed by atoms with van der Waals surface area (Å²) < 4.78 is 5.61. The zero-order valence-electron chi connectivity index (χ0n) is 8.73. The number of aliphatic hydroxyl groups is 1. The second kappa shape index (κ2) is 4.04. The standard InChI is InChI=1S/C12H15NO2/c1-8-9-4-2-3-5-11(9)15-12(8)10(14)6-7-13/h2-5,10,14H,6-7,13H2,1H3/t10-/m0/s1. The van der Waals surface area contributed by atoms with Crippen molar-refractivity contribution in [3.63, 3.8) is 0 Å². The van der Waals surface area contributed by atoms with Gasteiger partial charge < -0.3 is 15.3 Å². The van der Waals surface area contributed by atoms with Gasteiger partial charge in [-0.25, -0.2) is 0 Å². The van der Waals surface area contributed by atoms with E-state index in [0.29, 0.717) is 18.7 Å². The number of furan rings is 1. The van der Waals surface area contributed by atoms with Crippen LogP contribution in [0.4, 0.5) is 0 Å². The maximum Gasteiger partial charge on any atom is 0.136 e. The molecule has 0 amide bonds. The quantitative estimate of drug-likeness (QED) is 0.806. The third-order valence-corrected chi connectivity index (χ3v) is 2.62. The molecular weight excluding hydrogens is 190 g/mol. The SMILES string of the molecule is Cc1c([C@@H](O)CCN)oc2ccccc12. The Morgan fingerprint density at radius 3 is 2.80 bits per heavy atom. The predicted octanol–water partition coefficient (Wildman–Crippen LogP) is 2.12. The Kier molecular flexibility index (Phi) is 2.75. The molecule has 1 heterocycles. The van der Waals surface area contributed by atoms with Crippen LogP contribution < -0.4 is 5.73 Å². The molecule has 3 nitrogen and oxygen atoms in total. The summed E-state index contributed by atoms with van der Waals surface area (Å²) in [7, 11) is 0. The van der Waals surface area contributed by atoms with E-state index in [4.69, 9.17) is 10.2 Å². The number of hydrogen-bond acceptors (Lipinski definition) is 3. The summed E-state index contributed by atoms with van der Waals surface area (Å²) in [4.78, 5) is 0. The first-order valence-corrected chi connectivity index (χ1v) is 5.10. The van der Waals surface area contributed by atoms with Gasteiger partial charge in [-0.2, -0.15) is 0 Å². The molecule has 0 saturated heterocycles. The number of fused-ring (bicyclic) bond motifs is 1. The Labute approximate surface area is 88.5 Å². The molecule has 0 unspecified atom stereocenters. The molecular formula is C12H15NO2. The van der Waals surface area contributed by atoms with Crippen LogP contribution in [0.3, 0.4) is 0 Å². The Hall–Kier alpha value is -1.32. The zero-order chi connectivity index (χ0) is 10.8. The Balaban J connectivity index is 2.48. The molecule has 80 valence electrons. The Bertz CT molecular complexity index is 462. The van der Waals surface area contributed by atoms with E-state index in [2.05, 4.69) is 0 Å². The lowest BCUT2D eigenvalue weighted by Crippen LogP contribution is -2.06. The highest BCUT2D eigenvalue weighted by molar-refractivity contribution is 5.81. The molecule has 0 radical (unpaired) electrons. The van der Waals surface area contributed by atoms with Gasteiger partial charge in [-0.1, -0.05) is 18.2 Å². The molecule has 0 bridgehead atoms. The fourth-order valence-electron chi connectivity index (χ4n) is 1.80. The van der Waals surface area contributed by atoms with Crippen LogP contribution in [0.2, 0.25) is 0 Å². The molecule has 0 spiro atoms. The fraction of sp³-hybridized carbons (Fsp3) is 0.333. The molecule has 0 aliphatic heterocycles. The fourth-order valence-corrected chi connectivity index (χ4v) is 1.80. The minimum absolute atomic E-state index is 0.456. The Morgan fingerprint density at radius 2 is 2.13 bits per heavy atom. The maximum absolute atomic E-state index is 9.83. The summed E-state index contributed by atoms with van der Waals surface area (Å²) in [6.45, 7) is 2.42. The first-order chi connectivity index (χ1) is 7.24. The van der Waals surface area contributed by atoms with Crippen molar-refractivity contribution in [3.8, 4) is 0 Å². The highest BCUT2D eigenvalue weighted by Crippen LogP contribution is 2.30. The smallest absolute Gasteiger partial charge is 0.136 e. The molecule has 0 aliphatic rings. The van der Waals surface area contributed by atoms with Crippen LogP contribution in [0, 0.1) is 6.92 Å². The van der Waals surface area contributed by atoms with Crippen LogP contribution in [0.5, 0.6) is 0 Å².